The molecule has 0 saturated heterocycles. The summed E-state index contributed by atoms with van der Waals surface area (Å²) >= 11 is 6.14. The van der Waals surface area contributed by atoms with Gasteiger partial charge in [0, 0.05) is 16.7 Å². The molecule has 1 aliphatic heterocycles. The van der Waals surface area contributed by atoms with Crippen molar-refractivity contribution in [3.8, 4) is 11.5 Å². The number of allylic oxidation sites excluding steroid dienone is 1. The minimum Gasteiger partial charge on any atom is -0.485 e. The molecule has 138 valence electrons. The smallest absolute Gasteiger partial charge is 0.231 e. The van der Waals surface area contributed by atoms with Crippen molar-refractivity contribution in [1.29, 1.82) is 0 Å². The van der Waals surface area contributed by atoms with Crippen molar-refractivity contribution in [1.82, 2.24) is 0 Å². The van der Waals surface area contributed by atoms with E-state index in [0.29, 0.717) is 33.2 Å². The molecule has 5 heteroatoms. The molecule has 0 atom stereocenters. The summed E-state index contributed by atoms with van der Waals surface area (Å²) in [5, 5.41) is 0.533. The maximum absolute atomic E-state index is 12.5. The van der Waals surface area contributed by atoms with Gasteiger partial charge >= 0.3 is 0 Å². The number of rotatable bonds is 5. The number of benzene rings is 3. The second-order valence-electron chi connectivity index (χ2n) is 6.20. The van der Waals surface area contributed by atoms with E-state index in [1.807, 2.05) is 18.2 Å². The van der Waals surface area contributed by atoms with Crippen LogP contribution in [-0.2, 0) is 0 Å². The summed E-state index contributed by atoms with van der Waals surface area (Å²) in [4.78, 5) is 24.7. The van der Waals surface area contributed by atoms with Crippen molar-refractivity contribution in [3.63, 3.8) is 0 Å². The molecule has 0 saturated carbocycles. The van der Waals surface area contributed by atoms with Crippen molar-refractivity contribution < 1.29 is 19.1 Å². The summed E-state index contributed by atoms with van der Waals surface area (Å²) in [5.41, 5.74) is 1.73. The Balaban J connectivity index is 1.50. The zero-order valence-electron chi connectivity index (χ0n) is 14.7. The third-order valence-corrected chi connectivity index (χ3v) is 4.64. The summed E-state index contributed by atoms with van der Waals surface area (Å²) in [6, 6.07) is 21.0. The highest BCUT2D eigenvalue weighted by atomic mass is 35.5. The summed E-state index contributed by atoms with van der Waals surface area (Å²) < 4.78 is 11.3. The fraction of sp³-hybridized carbons (Fsp3) is 0.0435. The fourth-order valence-corrected chi connectivity index (χ4v) is 3.04. The van der Waals surface area contributed by atoms with E-state index in [4.69, 9.17) is 21.1 Å². The van der Waals surface area contributed by atoms with Gasteiger partial charge in [-0.25, -0.2) is 0 Å². The molecule has 0 spiro atoms. The van der Waals surface area contributed by atoms with Crippen LogP contribution < -0.4 is 9.47 Å². The lowest BCUT2D eigenvalue weighted by Gasteiger charge is -2.06. The van der Waals surface area contributed by atoms with Crippen LogP contribution in [0.4, 0.5) is 0 Å². The third-order valence-electron chi connectivity index (χ3n) is 4.30. The first-order valence-corrected chi connectivity index (χ1v) is 9.03. The molecule has 0 aliphatic carbocycles. The normalized spacial score (nSPS) is 13.9. The van der Waals surface area contributed by atoms with Crippen LogP contribution in [0.15, 0.2) is 78.6 Å². The van der Waals surface area contributed by atoms with Crippen molar-refractivity contribution in [2.75, 3.05) is 6.61 Å². The number of ether oxygens (including phenoxy) is 2. The Kier molecular flexibility index (Phi) is 4.96. The summed E-state index contributed by atoms with van der Waals surface area (Å²) in [6.07, 6.45) is 1.62. The van der Waals surface area contributed by atoms with Crippen LogP contribution in [0.2, 0.25) is 5.02 Å². The van der Waals surface area contributed by atoms with E-state index in [-0.39, 0.29) is 23.9 Å². The number of hydrogen-bond donors (Lipinski definition) is 0. The Morgan fingerprint density at radius 1 is 1.00 bits per heavy atom. The molecular weight excluding hydrogens is 376 g/mol. The van der Waals surface area contributed by atoms with Gasteiger partial charge in [-0.05, 0) is 29.8 Å². The molecular formula is C23H15ClO4. The van der Waals surface area contributed by atoms with E-state index in [1.54, 1.807) is 60.7 Å². The zero-order valence-corrected chi connectivity index (χ0v) is 15.5. The summed E-state index contributed by atoms with van der Waals surface area (Å²) in [7, 11) is 0. The maximum Gasteiger partial charge on any atom is 0.231 e. The van der Waals surface area contributed by atoms with Crippen LogP contribution >= 0.6 is 11.6 Å². The predicted octanol–water partition coefficient (Wildman–Crippen LogP) is 5.22. The van der Waals surface area contributed by atoms with Gasteiger partial charge in [-0.15, -0.1) is 0 Å². The average Bonchev–Trinajstić information content (AvgIpc) is 3.03. The number of carbonyl (C=O) groups is 2. The van der Waals surface area contributed by atoms with Gasteiger partial charge in [0.25, 0.3) is 0 Å². The van der Waals surface area contributed by atoms with E-state index in [2.05, 4.69) is 0 Å². The second kappa shape index (κ2) is 7.71. The summed E-state index contributed by atoms with van der Waals surface area (Å²) in [6.45, 7) is -0.0981. The Morgan fingerprint density at radius 3 is 2.54 bits per heavy atom. The second-order valence-corrected chi connectivity index (χ2v) is 6.60. The largest absolute Gasteiger partial charge is 0.485 e. The molecule has 4 nitrogen and oxygen atoms in total. The first-order chi connectivity index (χ1) is 13.6. The SMILES string of the molecule is O=C(COc1ccc2c(c1)O/C(=C\c1ccccc1Cl)C2=O)c1ccccc1. The van der Waals surface area contributed by atoms with E-state index in [9.17, 15) is 9.59 Å². The Bertz CT molecular complexity index is 1090. The van der Waals surface area contributed by atoms with Crippen LogP contribution in [0.25, 0.3) is 6.08 Å². The van der Waals surface area contributed by atoms with E-state index in [1.165, 1.54) is 0 Å². The highest BCUT2D eigenvalue weighted by Gasteiger charge is 2.28. The molecule has 0 amide bonds. The molecule has 3 aromatic carbocycles. The van der Waals surface area contributed by atoms with Gasteiger partial charge < -0.3 is 9.47 Å². The van der Waals surface area contributed by atoms with Gasteiger partial charge in [-0.2, -0.15) is 0 Å². The van der Waals surface area contributed by atoms with Gasteiger partial charge in [0.2, 0.25) is 5.78 Å². The maximum atomic E-state index is 12.5. The standard InChI is InChI=1S/C23H15ClO4/c24-19-9-5-4-8-16(19)12-22-23(26)18-11-10-17(13-21(18)28-22)27-14-20(25)15-6-2-1-3-7-15/h1-13H,14H2/b22-12-. The third kappa shape index (κ3) is 3.68. The van der Waals surface area contributed by atoms with Crippen molar-refractivity contribution in [2.45, 2.75) is 0 Å². The van der Waals surface area contributed by atoms with Crippen LogP contribution in [0.3, 0.4) is 0 Å². The molecule has 0 N–H and O–H groups in total. The first kappa shape index (κ1) is 18.0. The molecule has 0 radical (unpaired) electrons. The molecule has 28 heavy (non-hydrogen) atoms. The van der Waals surface area contributed by atoms with E-state index in [0.717, 1.165) is 0 Å². The minimum absolute atomic E-state index is 0.0981. The molecule has 0 aromatic heterocycles. The molecule has 0 fully saturated rings. The highest BCUT2D eigenvalue weighted by molar-refractivity contribution is 6.32. The Labute approximate surface area is 167 Å². The highest BCUT2D eigenvalue weighted by Crippen LogP contribution is 2.35. The predicted molar refractivity (Wildman–Crippen MR) is 107 cm³/mol. The molecule has 0 unspecified atom stereocenters. The van der Waals surface area contributed by atoms with E-state index >= 15 is 0 Å². The van der Waals surface area contributed by atoms with Crippen molar-refractivity contribution >= 4 is 29.2 Å². The lowest BCUT2D eigenvalue weighted by molar-refractivity contribution is 0.0921. The molecule has 1 aliphatic rings. The van der Waals surface area contributed by atoms with Gasteiger partial charge in [-0.1, -0.05) is 60.1 Å². The summed E-state index contributed by atoms with van der Waals surface area (Å²) in [5.74, 6) is 0.697. The monoisotopic (exact) mass is 390 g/mol. The quantitative estimate of drug-likeness (QED) is 0.443. The lowest BCUT2D eigenvalue weighted by Crippen LogP contribution is -2.11. The van der Waals surface area contributed by atoms with Gasteiger partial charge in [-0.3, -0.25) is 9.59 Å². The van der Waals surface area contributed by atoms with Crippen LogP contribution in [0, 0.1) is 0 Å². The Hall–Kier alpha value is -3.37. The average molecular weight is 391 g/mol. The first-order valence-electron chi connectivity index (χ1n) is 8.66. The number of fused-ring (bicyclic) bond motifs is 1. The number of halogens is 1. The number of hydrogen-bond acceptors (Lipinski definition) is 4. The van der Waals surface area contributed by atoms with Crippen LogP contribution in [0.5, 0.6) is 11.5 Å². The number of carbonyl (C=O) groups excluding carboxylic acids is 2. The number of Topliss-reactive ketones (excluding diaryl/α,β-unsaturated/α-hetero) is 2. The number of ketones is 2. The fourth-order valence-electron chi connectivity index (χ4n) is 2.85. The van der Waals surface area contributed by atoms with Crippen molar-refractivity contribution in [2.24, 2.45) is 0 Å². The minimum atomic E-state index is -0.221. The lowest BCUT2D eigenvalue weighted by atomic mass is 10.1. The van der Waals surface area contributed by atoms with E-state index < -0.39 is 0 Å². The van der Waals surface area contributed by atoms with Crippen molar-refractivity contribution in [3.05, 3.63) is 100 Å². The molecule has 1 heterocycles. The van der Waals surface area contributed by atoms with Crippen LogP contribution in [-0.4, -0.2) is 18.2 Å². The molecule has 4 rings (SSSR count). The van der Waals surface area contributed by atoms with Gasteiger partial charge in [0.05, 0.1) is 5.56 Å². The van der Waals surface area contributed by atoms with Crippen LogP contribution in [0.1, 0.15) is 26.3 Å². The molecule has 0 bridgehead atoms. The van der Waals surface area contributed by atoms with Gasteiger partial charge in [0.1, 0.15) is 11.5 Å². The van der Waals surface area contributed by atoms with Gasteiger partial charge in [0.15, 0.2) is 18.1 Å². The molecule has 3 aromatic rings. The zero-order chi connectivity index (χ0) is 19.5. The Morgan fingerprint density at radius 2 is 1.75 bits per heavy atom. The topological polar surface area (TPSA) is 52.6 Å².